The molecule has 1 N–H and O–H groups in total. The number of nitrogens with one attached hydrogen (secondary N) is 1. The molecule has 0 saturated heterocycles. The summed E-state index contributed by atoms with van der Waals surface area (Å²) in [5.74, 6) is -0.509. The molecule has 0 aliphatic rings. The second-order valence-electron chi connectivity index (χ2n) is 6.89. The van der Waals surface area contributed by atoms with Crippen LogP contribution in [-0.2, 0) is 9.53 Å². The van der Waals surface area contributed by atoms with Crippen LogP contribution in [0.25, 0.3) is 0 Å². The number of carbonyl (C=O) groups is 3. The molecule has 0 fully saturated rings. The van der Waals surface area contributed by atoms with E-state index in [0.29, 0.717) is 36.0 Å². The van der Waals surface area contributed by atoms with E-state index in [4.69, 9.17) is 14.2 Å². The topological polar surface area (TPSA) is 90.9 Å². The van der Waals surface area contributed by atoms with Crippen molar-refractivity contribution in [3.8, 4) is 11.5 Å². The molecule has 1 amide bonds. The molecule has 3 aromatic carbocycles. The third kappa shape index (κ3) is 6.20. The van der Waals surface area contributed by atoms with Gasteiger partial charge in [-0.15, -0.1) is 0 Å². The highest BCUT2D eigenvalue weighted by atomic mass is 16.5. The number of ether oxygens (including phenoxy) is 3. The Kier molecular flexibility index (Phi) is 8.18. The quantitative estimate of drug-likeness (QED) is 0.363. The standard InChI is InChI=1S/C26H25NO6/c1-3-31-22-15-14-19(16-23(22)32-4-2)27-24(28)17-33-26(30)21-13-9-8-12-20(21)25(29)18-10-6-5-7-11-18/h5-16H,3-4,17H2,1-2H3,(H,27,28). The number of hydrogen-bond acceptors (Lipinski definition) is 6. The van der Waals surface area contributed by atoms with E-state index in [2.05, 4.69) is 5.32 Å². The first-order valence-electron chi connectivity index (χ1n) is 10.6. The van der Waals surface area contributed by atoms with Gasteiger partial charge in [-0.25, -0.2) is 4.79 Å². The number of rotatable bonds is 10. The SMILES string of the molecule is CCOc1ccc(NC(=O)COC(=O)c2ccccc2C(=O)c2ccccc2)cc1OCC. The van der Waals surface area contributed by atoms with Crippen molar-refractivity contribution in [2.45, 2.75) is 13.8 Å². The van der Waals surface area contributed by atoms with Crippen LogP contribution in [-0.4, -0.2) is 37.5 Å². The van der Waals surface area contributed by atoms with E-state index < -0.39 is 18.5 Å². The summed E-state index contributed by atoms with van der Waals surface area (Å²) in [6.45, 7) is 4.13. The number of benzene rings is 3. The molecule has 0 spiro atoms. The van der Waals surface area contributed by atoms with Gasteiger partial charge in [0.2, 0.25) is 0 Å². The Morgan fingerprint density at radius 3 is 2.09 bits per heavy atom. The van der Waals surface area contributed by atoms with Crippen molar-refractivity contribution in [3.05, 3.63) is 89.5 Å². The molecule has 0 atom stereocenters. The molecule has 0 heterocycles. The van der Waals surface area contributed by atoms with Gasteiger partial charge < -0.3 is 19.5 Å². The smallest absolute Gasteiger partial charge is 0.339 e. The number of esters is 1. The minimum atomic E-state index is -0.758. The molecular weight excluding hydrogens is 422 g/mol. The summed E-state index contributed by atoms with van der Waals surface area (Å²) in [5.41, 5.74) is 1.24. The van der Waals surface area contributed by atoms with Crippen LogP contribution in [0, 0.1) is 0 Å². The summed E-state index contributed by atoms with van der Waals surface area (Å²) >= 11 is 0. The van der Waals surface area contributed by atoms with E-state index >= 15 is 0 Å². The Balaban J connectivity index is 1.65. The summed E-state index contributed by atoms with van der Waals surface area (Å²) in [7, 11) is 0. The van der Waals surface area contributed by atoms with E-state index in [1.165, 1.54) is 6.07 Å². The van der Waals surface area contributed by atoms with Crippen LogP contribution in [0.5, 0.6) is 11.5 Å². The van der Waals surface area contributed by atoms with Crippen molar-refractivity contribution in [1.82, 2.24) is 0 Å². The molecule has 0 aromatic heterocycles. The number of ketones is 1. The fourth-order valence-corrected chi connectivity index (χ4v) is 3.14. The fourth-order valence-electron chi connectivity index (χ4n) is 3.14. The molecule has 33 heavy (non-hydrogen) atoms. The lowest BCUT2D eigenvalue weighted by molar-refractivity contribution is -0.119. The van der Waals surface area contributed by atoms with Crippen LogP contribution in [0.1, 0.15) is 40.1 Å². The van der Waals surface area contributed by atoms with Gasteiger partial charge in [-0.05, 0) is 32.0 Å². The molecule has 0 unspecified atom stereocenters. The van der Waals surface area contributed by atoms with Gasteiger partial charge in [0.1, 0.15) is 0 Å². The van der Waals surface area contributed by atoms with Crippen LogP contribution < -0.4 is 14.8 Å². The predicted octanol–water partition coefficient (Wildman–Crippen LogP) is 4.51. The lowest BCUT2D eigenvalue weighted by atomic mass is 9.98. The molecule has 7 heteroatoms. The zero-order valence-corrected chi connectivity index (χ0v) is 18.5. The zero-order chi connectivity index (χ0) is 23.6. The Morgan fingerprint density at radius 1 is 0.758 bits per heavy atom. The van der Waals surface area contributed by atoms with E-state index in [1.807, 2.05) is 13.8 Å². The van der Waals surface area contributed by atoms with Gasteiger partial charge in [-0.2, -0.15) is 0 Å². The van der Waals surface area contributed by atoms with Gasteiger partial charge in [0.25, 0.3) is 5.91 Å². The van der Waals surface area contributed by atoms with Crippen molar-refractivity contribution in [3.63, 3.8) is 0 Å². The van der Waals surface area contributed by atoms with Crippen LogP contribution in [0.4, 0.5) is 5.69 Å². The van der Waals surface area contributed by atoms with Gasteiger partial charge >= 0.3 is 5.97 Å². The predicted molar refractivity (Wildman–Crippen MR) is 124 cm³/mol. The lowest BCUT2D eigenvalue weighted by Gasteiger charge is -2.13. The van der Waals surface area contributed by atoms with Crippen molar-refractivity contribution >= 4 is 23.3 Å². The Hall–Kier alpha value is -4.13. The van der Waals surface area contributed by atoms with Gasteiger partial charge in [0.05, 0.1) is 18.8 Å². The summed E-state index contributed by atoms with van der Waals surface area (Å²) < 4.78 is 16.2. The monoisotopic (exact) mass is 447 g/mol. The first-order valence-corrected chi connectivity index (χ1v) is 10.6. The van der Waals surface area contributed by atoms with Crippen LogP contribution in [0.2, 0.25) is 0 Å². The lowest BCUT2D eigenvalue weighted by Crippen LogP contribution is -2.22. The fraction of sp³-hybridized carbons (Fsp3) is 0.192. The second-order valence-corrected chi connectivity index (χ2v) is 6.89. The number of carbonyl (C=O) groups excluding carboxylic acids is 3. The van der Waals surface area contributed by atoms with E-state index in [9.17, 15) is 14.4 Å². The molecule has 0 bridgehead atoms. The van der Waals surface area contributed by atoms with E-state index in [-0.39, 0.29) is 16.9 Å². The van der Waals surface area contributed by atoms with Crippen molar-refractivity contribution in [2.24, 2.45) is 0 Å². The molecule has 0 aliphatic carbocycles. The first kappa shape index (κ1) is 23.5. The van der Waals surface area contributed by atoms with Gasteiger partial charge in [-0.1, -0.05) is 48.5 Å². The number of hydrogen-bond donors (Lipinski definition) is 1. The number of amides is 1. The van der Waals surface area contributed by atoms with E-state index in [1.54, 1.807) is 66.7 Å². The van der Waals surface area contributed by atoms with E-state index in [0.717, 1.165) is 0 Å². The highest BCUT2D eigenvalue weighted by Gasteiger charge is 2.20. The second kappa shape index (κ2) is 11.5. The van der Waals surface area contributed by atoms with Crippen molar-refractivity contribution < 1.29 is 28.6 Å². The maximum atomic E-state index is 12.8. The highest BCUT2D eigenvalue weighted by Crippen LogP contribution is 2.30. The molecule has 0 radical (unpaired) electrons. The van der Waals surface area contributed by atoms with Gasteiger partial charge in [0.15, 0.2) is 23.9 Å². The molecular formula is C26H25NO6. The first-order chi connectivity index (χ1) is 16.0. The van der Waals surface area contributed by atoms with Crippen molar-refractivity contribution in [2.75, 3.05) is 25.1 Å². The Labute approximate surface area is 192 Å². The molecule has 3 aromatic rings. The molecule has 170 valence electrons. The summed E-state index contributed by atoms with van der Waals surface area (Å²) in [4.78, 5) is 37.8. The van der Waals surface area contributed by atoms with Gasteiger partial charge in [0, 0.05) is 22.9 Å². The molecule has 3 rings (SSSR count). The summed E-state index contributed by atoms with van der Waals surface area (Å²) in [6, 6.07) is 20.0. The minimum absolute atomic E-state index is 0.0962. The average molecular weight is 447 g/mol. The molecule has 7 nitrogen and oxygen atoms in total. The van der Waals surface area contributed by atoms with Crippen LogP contribution in [0.15, 0.2) is 72.8 Å². The summed E-state index contributed by atoms with van der Waals surface area (Å²) in [5, 5.41) is 2.66. The minimum Gasteiger partial charge on any atom is -0.490 e. The van der Waals surface area contributed by atoms with Crippen LogP contribution >= 0.6 is 0 Å². The molecule has 0 aliphatic heterocycles. The Morgan fingerprint density at radius 2 is 1.39 bits per heavy atom. The largest absolute Gasteiger partial charge is 0.490 e. The number of anilines is 1. The highest BCUT2D eigenvalue weighted by molar-refractivity contribution is 6.14. The normalized spacial score (nSPS) is 10.2. The average Bonchev–Trinajstić information content (AvgIpc) is 2.84. The van der Waals surface area contributed by atoms with Crippen molar-refractivity contribution in [1.29, 1.82) is 0 Å². The third-order valence-corrected chi connectivity index (χ3v) is 4.59. The maximum Gasteiger partial charge on any atom is 0.339 e. The zero-order valence-electron chi connectivity index (χ0n) is 18.5. The summed E-state index contributed by atoms with van der Waals surface area (Å²) in [6.07, 6.45) is 0. The van der Waals surface area contributed by atoms with Crippen LogP contribution in [0.3, 0.4) is 0 Å². The van der Waals surface area contributed by atoms with Gasteiger partial charge in [-0.3, -0.25) is 9.59 Å². The maximum absolute atomic E-state index is 12.8. The third-order valence-electron chi connectivity index (χ3n) is 4.59. The Bertz CT molecular complexity index is 1130. The molecule has 0 saturated carbocycles.